The summed E-state index contributed by atoms with van der Waals surface area (Å²) in [6.07, 6.45) is 3.65. The van der Waals surface area contributed by atoms with Crippen LogP contribution in [0.25, 0.3) is 0 Å². The van der Waals surface area contributed by atoms with E-state index in [-0.39, 0.29) is 11.8 Å². The number of hydrogen-bond acceptors (Lipinski definition) is 3. The summed E-state index contributed by atoms with van der Waals surface area (Å²) < 4.78 is 0. The maximum atomic E-state index is 13.8. The molecule has 0 radical (unpaired) electrons. The third kappa shape index (κ3) is 3.79. The van der Waals surface area contributed by atoms with Crippen LogP contribution >= 0.6 is 23.2 Å². The number of nitrogens with zero attached hydrogens (tertiary/aromatic N) is 1. The molecule has 1 aliphatic carbocycles. The molecule has 2 aromatic carbocycles. The first-order valence-electron chi connectivity index (χ1n) is 10.2. The molecule has 156 valence electrons. The smallest absolute Gasteiger partial charge is 0.229 e. The average molecular weight is 434 g/mol. The van der Waals surface area contributed by atoms with Gasteiger partial charge in [0.1, 0.15) is 11.3 Å². The fraction of sp³-hybridized carbons (Fsp3) is 0.435. The van der Waals surface area contributed by atoms with E-state index in [1.807, 2.05) is 50.2 Å². The van der Waals surface area contributed by atoms with Crippen molar-refractivity contribution in [2.45, 2.75) is 57.3 Å². The van der Waals surface area contributed by atoms with Gasteiger partial charge in [-0.2, -0.15) is 0 Å². The first kappa shape index (κ1) is 22.1. The number of amides is 1. The van der Waals surface area contributed by atoms with E-state index in [1.54, 1.807) is 17.0 Å². The summed E-state index contributed by atoms with van der Waals surface area (Å²) in [5, 5.41) is 1.03. The van der Waals surface area contributed by atoms with Gasteiger partial charge in [0.25, 0.3) is 0 Å². The second-order valence-corrected chi connectivity index (χ2v) is 8.63. The summed E-state index contributed by atoms with van der Waals surface area (Å²) in [5.74, 6) is -0.117. The van der Waals surface area contributed by atoms with E-state index in [4.69, 9.17) is 34.7 Å². The highest BCUT2D eigenvalue weighted by atomic mass is 35.5. The van der Waals surface area contributed by atoms with Gasteiger partial charge >= 0.3 is 0 Å². The molecule has 1 amide bonds. The van der Waals surface area contributed by atoms with Crippen molar-refractivity contribution in [1.29, 1.82) is 0 Å². The van der Waals surface area contributed by atoms with E-state index >= 15 is 0 Å². The van der Waals surface area contributed by atoms with Gasteiger partial charge in [-0.25, -0.2) is 0 Å². The minimum Gasteiger partial charge on any atom is -0.305 e. The third-order valence-electron chi connectivity index (χ3n) is 6.23. The van der Waals surface area contributed by atoms with Crippen LogP contribution in [0.1, 0.15) is 57.1 Å². The Hall–Kier alpha value is -1.59. The van der Waals surface area contributed by atoms with Gasteiger partial charge in [0.2, 0.25) is 5.91 Å². The Balaban J connectivity index is 2.25. The van der Waals surface area contributed by atoms with Gasteiger partial charge < -0.3 is 11.5 Å². The van der Waals surface area contributed by atoms with Crippen molar-refractivity contribution >= 4 is 29.1 Å². The maximum absolute atomic E-state index is 13.8. The topological polar surface area (TPSA) is 72.3 Å². The molecule has 0 heterocycles. The predicted molar refractivity (Wildman–Crippen MR) is 119 cm³/mol. The Kier molecular flexibility index (Phi) is 6.59. The highest BCUT2D eigenvalue weighted by Crippen LogP contribution is 2.44. The molecular formula is C23H29Cl2N3O. The molecule has 4 N–H and O–H groups in total. The molecule has 0 bridgehead atoms. The van der Waals surface area contributed by atoms with E-state index in [2.05, 4.69) is 0 Å². The summed E-state index contributed by atoms with van der Waals surface area (Å²) in [4.78, 5) is 15.5. The molecule has 1 saturated carbocycles. The fourth-order valence-electron chi connectivity index (χ4n) is 4.15. The molecule has 0 aromatic heterocycles. The van der Waals surface area contributed by atoms with Gasteiger partial charge in [0, 0.05) is 27.1 Å². The van der Waals surface area contributed by atoms with E-state index in [0.29, 0.717) is 34.0 Å². The molecule has 2 atom stereocenters. The highest BCUT2D eigenvalue weighted by Gasteiger charge is 2.51. The monoisotopic (exact) mass is 433 g/mol. The molecule has 6 heteroatoms. The van der Waals surface area contributed by atoms with Gasteiger partial charge in [0.05, 0.1) is 0 Å². The van der Waals surface area contributed by atoms with E-state index < -0.39 is 11.3 Å². The minimum atomic E-state index is -1.17. The number of benzene rings is 2. The fourth-order valence-corrected chi connectivity index (χ4v) is 4.75. The van der Waals surface area contributed by atoms with Crippen LogP contribution in [0.4, 0.5) is 0 Å². The number of hydrogen-bond donors (Lipinski definition) is 2. The van der Waals surface area contributed by atoms with Crippen molar-refractivity contribution in [3.8, 4) is 0 Å². The second kappa shape index (κ2) is 8.65. The molecule has 0 spiro atoms. The van der Waals surface area contributed by atoms with E-state index in [0.717, 1.165) is 19.3 Å². The Morgan fingerprint density at radius 3 is 1.66 bits per heavy atom. The summed E-state index contributed by atoms with van der Waals surface area (Å²) in [5.41, 5.74) is 13.1. The molecule has 3 rings (SSSR count). The van der Waals surface area contributed by atoms with Gasteiger partial charge in [-0.1, -0.05) is 79.9 Å². The summed E-state index contributed by atoms with van der Waals surface area (Å²) in [6.45, 7) is 3.90. The van der Waals surface area contributed by atoms with E-state index in [1.165, 1.54) is 0 Å². The van der Waals surface area contributed by atoms with Crippen molar-refractivity contribution in [3.05, 3.63) is 69.7 Å². The average Bonchev–Trinajstić information content (AvgIpc) is 2.67. The lowest BCUT2D eigenvalue weighted by Crippen LogP contribution is -2.68. The van der Waals surface area contributed by atoms with Crippen molar-refractivity contribution in [2.24, 2.45) is 17.4 Å². The van der Waals surface area contributed by atoms with Crippen LogP contribution in [0.2, 0.25) is 10.0 Å². The number of carbonyl (C=O) groups is 1. The number of halogens is 2. The first-order chi connectivity index (χ1) is 13.8. The second-order valence-electron chi connectivity index (χ2n) is 7.82. The van der Waals surface area contributed by atoms with Crippen LogP contribution in [0, 0.1) is 5.92 Å². The van der Waals surface area contributed by atoms with Gasteiger partial charge in [0.15, 0.2) is 0 Å². The molecule has 1 fully saturated rings. The molecular weight excluding hydrogens is 405 g/mol. The van der Waals surface area contributed by atoms with Crippen molar-refractivity contribution in [1.82, 2.24) is 4.90 Å². The quantitative estimate of drug-likeness (QED) is 0.576. The summed E-state index contributed by atoms with van der Waals surface area (Å²) in [6, 6.07) is 14.8. The molecule has 0 saturated heterocycles. The van der Waals surface area contributed by atoms with Gasteiger partial charge in [-0.05, 0) is 37.8 Å². The predicted octanol–water partition coefficient (Wildman–Crippen LogP) is 5.37. The largest absolute Gasteiger partial charge is 0.305 e. The molecule has 2 aromatic rings. The first-order valence-corrected chi connectivity index (χ1v) is 11.0. The summed E-state index contributed by atoms with van der Waals surface area (Å²) >= 11 is 13.1. The van der Waals surface area contributed by atoms with Crippen LogP contribution in [0.15, 0.2) is 48.5 Å². The molecule has 0 aliphatic heterocycles. The molecule has 2 unspecified atom stereocenters. The number of carbonyl (C=O) groups excluding carboxylic acids is 1. The Labute approximate surface area is 183 Å². The Morgan fingerprint density at radius 1 is 0.931 bits per heavy atom. The van der Waals surface area contributed by atoms with Crippen LogP contribution in [-0.4, -0.2) is 10.8 Å². The number of nitrogens with two attached hydrogens (primary N) is 2. The lowest BCUT2D eigenvalue weighted by molar-refractivity contribution is -0.158. The van der Waals surface area contributed by atoms with Crippen molar-refractivity contribution in [2.75, 3.05) is 0 Å². The molecule has 1 aliphatic rings. The lowest BCUT2D eigenvalue weighted by Gasteiger charge is -2.53. The van der Waals surface area contributed by atoms with Gasteiger partial charge in [-0.15, -0.1) is 0 Å². The highest BCUT2D eigenvalue weighted by molar-refractivity contribution is 6.31. The molecule has 4 nitrogen and oxygen atoms in total. The minimum absolute atomic E-state index is 0.0372. The Morgan fingerprint density at radius 2 is 1.34 bits per heavy atom. The van der Waals surface area contributed by atoms with Crippen molar-refractivity contribution < 1.29 is 4.79 Å². The van der Waals surface area contributed by atoms with Crippen LogP contribution in [-0.2, 0) is 16.1 Å². The summed E-state index contributed by atoms with van der Waals surface area (Å²) in [7, 11) is 0. The third-order valence-corrected chi connectivity index (χ3v) is 6.89. The zero-order valence-corrected chi connectivity index (χ0v) is 18.5. The zero-order chi connectivity index (χ0) is 21.2. The SMILES string of the molecule is CCC(N)(c1ccccc1Cl)N(C(=O)C1CCC1)C(N)(CC)c1ccccc1Cl. The van der Waals surface area contributed by atoms with Gasteiger partial charge in [-0.3, -0.25) is 9.69 Å². The molecule has 29 heavy (non-hydrogen) atoms. The number of rotatable bonds is 7. The standard InChI is InChI=1S/C23H29Cl2N3O/c1-3-22(26,17-12-5-7-14-19(17)24)28(21(29)16-10-9-11-16)23(27,4-2)18-13-6-8-15-20(18)25/h5-8,12-16H,3-4,9-11,26-27H2,1-2H3. The lowest BCUT2D eigenvalue weighted by atomic mass is 9.80. The normalized spacial score (nSPS) is 18.4. The van der Waals surface area contributed by atoms with Crippen molar-refractivity contribution in [3.63, 3.8) is 0 Å². The van der Waals surface area contributed by atoms with E-state index in [9.17, 15) is 4.79 Å². The maximum Gasteiger partial charge on any atom is 0.229 e. The van der Waals surface area contributed by atoms with Crippen LogP contribution in [0.5, 0.6) is 0 Å². The van der Waals surface area contributed by atoms with Crippen LogP contribution in [0.3, 0.4) is 0 Å². The zero-order valence-electron chi connectivity index (χ0n) is 17.0. The Bertz CT molecular complexity index is 826. The van der Waals surface area contributed by atoms with Crippen LogP contribution < -0.4 is 11.5 Å².